The summed E-state index contributed by atoms with van der Waals surface area (Å²) in [7, 11) is 1.54. The number of nitrogens with one attached hydrogen (secondary N) is 1. The van der Waals surface area contributed by atoms with Crippen LogP contribution in [0.15, 0.2) is 60.9 Å². The van der Waals surface area contributed by atoms with Gasteiger partial charge in [0.25, 0.3) is 5.91 Å². The molecule has 0 bridgehead atoms. The van der Waals surface area contributed by atoms with E-state index >= 15 is 0 Å². The maximum atomic E-state index is 12.6. The number of pyridine rings is 1. The van der Waals surface area contributed by atoms with Crippen LogP contribution < -0.4 is 10.1 Å². The summed E-state index contributed by atoms with van der Waals surface area (Å²) in [6.45, 7) is 1.86. The summed E-state index contributed by atoms with van der Waals surface area (Å²) in [6.07, 6.45) is 3.27. The molecule has 0 saturated carbocycles. The first kappa shape index (κ1) is 17.6. The molecule has 1 aromatic heterocycles. The van der Waals surface area contributed by atoms with Gasteiger partial charge in [0.1, 0.15) is 5.75 Å². The fourth-order valence-electron chi connectivity index (χ4n) is 2.65. The first-order chi connectivity index (χ1) is 12.6. The third-order valence-electron chi connectivity index (χ3n) is 4.09. The van der Waals surface area contributed by atoms with Gasteiger partial charge in [-0.25, -0.2) is 0 Å². The topological polar surface area (TPSA) is 71.5 Å². The number of hydrogen-bond acceptors (Lipinski definition) is 4. The minimum Gasteiger partial charge on any atom is -0.496 e. The van der Waals surface area contributed by atoms with Gasteiger partial charge >= 0.3 is 0 Å². The van der Waals surface area contributed by atoms with Crippen molar-refractivity contribution in [3.8, 4) is 16.9 Å². The van der Waals surface area contributed by atoms with E-state index in [0.29, 0.717) is 22.6 Å². The molecule has 5 nitrogen and oxygen atoms in total. The number of benzene rings is 2. The molecule has 2 N–H and O–H groups in total. The second kappa shape index (κ2) is 7.80. The van der Waals surface area contributed by atoms with Crippen molar-refractivity contribution in [3.63, 3.8) is 0 Å². The highest BCUT2D eigenvalue weighted by Crippen LogP contribution is 2.24. The molecule has 0 fully saturated rings. The van der Waals surface area contributed by atoms with E-state index in [4.69, 9.17) is 4.74 Å². The summed E-state index contributed by atoms with van der Waals surface area (Å²) in [4.78, 5) is 16.7. The van der Waals surface area contributed by atoms with Crippen molar-refractivity contribution in [1.29, 1.82) is 0 Å². The van der Waals surface area contributed by atoms with Crippen molar-refractivity contribution in [1.82, 2.24) is 4.98 Å². The Bertz CT molecular complexity index is 921. The Morgan fingerprint density at radius 1 is 1.08 bits per heavy atom. The molecule has 3 rings (SSSR count). The van der Waals surface area contributed by atoms with E-state index in [9.17, 15) is 9.90 Å². The molecule has 2 aromatic carbocycles. The zero-order valence-corrected chi connectivity index (χ0v) is 14.7. The average Bonchev–Trinajstić information content (AvgIpc) is 2.68. The lowest BCUT2D eigenvalue weighted by molar-refractivity contribution is 0.102. The maximum Gasteiger partial charge on any atom is 0.257 e. The number of aryl methyl sites for hydroxylation is 1. The van der Waals surface area contributed by atoms with Gasteiger partial charge in [0.15, 0.2) is 0 Å². The Morgan fingerprint density at radius 2 is 1.85 bits per heavy atom. The Kier molecular flexibility index (Phi) is 5.29. The molecule has 0 unspecified atom stereocenters. The van der Waals surface area contributed by atoms with E-state index in [1.165, 1.54) is 18.9 Å². The Balaban J connectivity index is 1.82. The summed E-state index contributed by atoms with van der Waals surface area (Å²) in [5.41, 5.74) is 4.71. The van der Waals surface area contributed by atoms with Gasteiger partial charge in [-0.3, -0.25) is 9.78 Å². The third kappa shape index (κ3) is 3.90. The standard InChI is InChI=1S/C21H20N2O3/c1-14-3-5-15(6-4-14)16-9-17(12-22-11-16)21(25)23-19-7-8-20(26-2)18(10-19)13-24/h3-12,24H,13H2,1-2H3,(H,23,25). The molecule has 0 radical (unpaired) electrons. The van der Waals surface area contributed by atoms with Gasteiger partial charge in [0.05, 0.1) is 19.3 Å². The second-order valence-electron chi connectivity index (χ2n) is 5.97. The van der Waals surface area contributed by atoms with Crippen LogP contribution in [0.4, 0.5) is 5.69 Å². The number of methoxy groups -OCH3 is 1. The molecule has 0 atom stereocenters. The summed E-state index contributed by atoms with van der Waals surface area (Å²) in [5, 5.41) is 12.2. The van der Waals surface area contributed by atoms with Gasteiger partial charge in [-0.15, -0.1) is 0 Å². The molecule has 0 aliphatic carbocycles. The Hall–Kier alpha value is -3.18. The normalized spacial score (nSPS) is 10.4. The number of aliphatic hydroxyl groups is 1. The molecule has 0 saturated heterocycles. The maximum absolute atomic E-state index is 12.6. The Morgan fingerprint density at radius 3 is 2.54 bits per heavy atom. The third-order valence-corrected chi connectivity index (χ3v) is 4.09. The van der Waals surface area contributed by atoms with Gasteiger partial charge in [-0.05, 0) is 36.8 Å². The van der Waals surface area contributed by atoms with E-state index in [0.717, 1.165) is 11.1 Å². The highest BCUT2D eigenvalue weighted by molar-refractivity contribution is 6.04. The van der Waals surface area contributed by atoms with Crippen molar-refractivity contribution >= 4 is 11.6 Å². The molecule has 3 aromatic rings. The molecule has 132 valence electrons. The number of aromatic nitrogens is 1. The van der Waals surface area contributed by atoms with Gasteiger partial charge < -0.3 is 15.2 Å². The lowest BCUT2D eigenvalue weighted by atomic mass is 10.0. The number of carbonyl (C=O) groups is 1. The lowest BCUT2D eigenvalue weighted by Gasteiger charge is -2.10. The fourth-order valence-corrected chi connectivity index (χ4v) is 2.65. The largest absolute Gasteiger partial charge is 0.496 e. The van der Waals surface area contributed by atoms with Gasteiger partial charge in [-0.1, -0.05) is 29.8 Å². The lowest BCUT2D eigenvalue weighted by Crippen LogP contribution is -2.12. The quantitative estimate of drug-likeness (QED) is 0.735. The average molecular weight is 348 g/mol. The molecular formula is C21H20N2O3. The molecule has 5 heteroatoms. The molecule has 1 amide bonds. The summed E-state index contributed by atoms with van der Waals surface area (Å²) >= 11 is 0. The van der Waals surface area contributed by atoms with E-state index in [2.05, 4.69) is 10.3 Å². The zero-order chi connectivity index (χ0) is 18.5. The molecule has 1 heterocycles. The SMILES string of the molecule is COc1ccc(NC(=O)c2cncc(-c3ccc(C)cc3)c2)cc1CO. The van der Waals surface area contributed by atoms with Gasteiger partial charge in [-0.2, -0.15) is 0 Å². The number of rotatable bonds is 5. The Labute approximate surface area is 152 Å². The molecule has 0 spiro atoms. The second-order valence-corrected chi connectivity index (χ2v) is 5.97. The summed E-state index contributed by atoms with van der Waals surface area (Å²) in [5.74, 6) is 0.314. The first-order valence-electron chi connectivity index (χ1n) is 8.22. The highest BCUT2D eigenvalue weighted by atomic mass is 16.5. The molecule has 0 aliphatic rings. The van der Waals surface area contributed by atoms with Gasteiger partial charge in [0, 0.05) is 29.2 Å². The predicted octanol–water partition coefficient (Wildman–Crippen LogP) is 3.81. The minimum absolute atomic E-state index is 0.169. The highest BCUT2D eigenvalue weighted by Gasteiger charge is 2.10. The number of anilines is 1. The van der Waals surface area contributed by atoms with E-state index in [1.807, 2.05) is 37.3 Å². The number of hydrogen-bond donors (Lipinski definition) is 2. The van der Waals surface area contributed by atoms with Crippen molar-refractivity contribution in [2.24, 2.45) is 0 Å². The van der Waals surface area contributed by atoms with Crippen LogP contribution in [-0.4, -0.2) is 23.1 Å². The number of aliphatic hydroxyl groups excluding tert-OH is 1. The van der Waals surface area contributed by atoms with Crippen LogP contribution >= 0.6 is 0 Å². The van der Waals surface area contributed by atoms with E-state index < -0.39 is 0 Å². The van der Waals surface area contributed by atoms with Crippen LogP contribution in [0.2, 0.25) is 0 Å². The van der Waals surface area contributed by atoms with Crippen molar-refractivity contribution in [3.05, 3.63) is 77.6 Å². The van der Waals surface area contributed by atoms with Crippen LogP contribution in [-0.2, 0) is 6.61 Å². The summed E-state index contributed by atoms with van der Waals surface area (Å²) < 4.78 is 5.17. The smallest absolute Gasteiger partial charge is 0.257 e. The number of amides is 1. The predicted molar refractivity (Wildman–Crippen MR) is 101 cm³/mol. The fraction of sp³-hybridized carbons (Fsp3) is 0.143. The van der Waals surface area contributed by atoms with Crippen LogP contribution in [0.3, 0.4) is 0 Å². The first-order valence-corrected chi connectivity index (χ1v) is 8.22. The van der Waals surface area contributed by atoms with Crippen LogP contribution in [0.1, 0.15) is 21.5 Å². The molecule has 0 aliphatic heterocycles. The van der Waals surface area contributed by atoms with Crippen LogP contribution in [0, 0.1) is 6.92 Å². The van der Waals surface area contributed by atoms with Crippen molar-refractivity contribution in [2.75, 3.05) is 12.4 Å². The monoisotopic (exact) mass is 348 g/mol. The summed E-state index contributed by atoms with van der Waals surface area (Å²) in [6, 6.07) is 15.0. The number of carbonyl (C=O) groups excluding carboxylic acids is 1. The van der Waals surface area contributed by atoms with Crippen molar-refractivity contribution in [2.45, 2.75) is 13.5 Å². The number of ether oxygens (including phenoxy) is 1. The zero-order valence-electron chi connectivity index (χ0n) is 14.7. The van der Waals surface area contributed by atoms with E-state index in [1.54, 1.807) is 24.4 Å². The molecule has 26 heavy (non-hydrogen) atoms. The van der Waals surface area contributed by atoms with Crippen LogP contribution in [0.25, 0.3) is 11.1 Å². The minimum atomic E-state index is -0.263. The van der Waals surface area contributed by atoms with Crippen molar-refractivity contribution < 1.29 is 14.6 Å². The van der Waals surface area contributed by atoms with Gasteiger partial charge in [0.2, 0.25) is 0 Å². The molecular weight excluding hydrogens is 328 g/mol. The van der Waals surface area contributed by atoms with Crippen LogP contribution in [0.5, 0.6) is 5.75 Å². The van der Waals surface area contributed by atoms with E-state index in [-0.39, 0.29) is 12.5 Å². The number of nitrogens with zero attached hydrogens (tertiary/aromatic N) is 1.